The van der Waals surface area contributed by atoms with Crippen LogP contribution in [0.3, 0.4) is 0 Å². The van der Waals surface area contributed by atoms with Crippen LogP contribution in [-0.2, 0) is 6.42 Å². The fraction of sp³-hybridized carbons (Fsp3) is 0.308. The Morgan fingerprint density at radius 2 is 2.25 bits per heavy atom. The molecule has 0 amide bonds. The molecule has 1 N–H and O–H groups in total. The number of carbonyl (C=O) groups is 1. The van der Waals surface area contributed by atoms with Gasteiger partial charge in [0.1, 0.15) is 0 Å². The van der Waals surface area contributed by atoms with Gasteiger partial charge in [0.2, 0.25) is 0 Å². The molecule has 0 aliphatic carbocycles. The van der Waals surface area contributed by atoms with Crippen molar-refractivity contribution in [3.05, 3.63) is 35.4 Å². The fourth-order valence-corrected chi connectivity index (χ4v) is 1.92. The molecule has 106 valence electrons. The Hall–Kier alpha value is -2.44. The lowest BCUT2D eigenvalue weighted by atomic mass is 10.2. The van der Waals surface area contributed by atoms with Gasteiger partial charge in [0.05, 0.1) is 18.5 Å². The molecule has 0 saturated carbocycles. The molecule has 2 rings (SSSR count). The molecule has 7 heteroatoms. The number of hydrogen-bond donors (Lipinski definition) is 1. The Morgan fingerprint density at radius 1 is 1.50 bits per heavy atom. The van der Waals surface area contributed by atoms with Gasteiger partial charge in [-0.2, -0.15) is 0 Å². The molecule has 1 aromatic heterocycles. The van der Waals surface area contributed by atoms with E-state index in [1.54, 1.807) is 6.07 Å². The maximum Gasteiger partial charge on any atom is 0.358 e. The van der Waals surface area contributed by atoms with Crippen LogP contribution in [0.1, 0.15) is 29.5 Å². The van der Waals surface area contributed by atoms with Crippen molar-refractivity contribution in [3.8, 4) is 11.4 Å². The smallest absolute Gasteiger partial charge is 0.358 e. The number of aromatic carboxylic acids is 1. The molecule has 6 nitrogen and oxygen atoms in total. The predicted octanol–water partition coefficient (Wildman–Crippen LogP) is 2.07. The number of nitrogens with zero attached hydrogens (tertiary/aromatic N) is 3. The highest BCUT2D eigenvalue weighted by Gasteiger charge is 2.19. The van der Waals surface area contributed by atoms with E-state index in [0.29, 0.717) is 17.8 Å². The zero-order chi connectivity index (χ0) is 14.7. The second-order valence-electron chi connectivity index (χ2n) is 4.17. The first-order chi connectivity index (χ1) is 9.58. The van der Waals surface area contributed by atoms with Crippen LogP contribution in [-0.4, -0.2) is 33.2 Å². The summed E-state index contributed by atoms with van der Waals surface area (Å²) < 4.78 is 19.9. The Morgan fingerprint density at radius 3 is 2.80 bits per heavy atom. The van der Waals surface area contributed by atoms with E-state index in [-0.39, 0.29) is 11.4 Å². The Bertz CT molecular complexity index is 640. The van der Waals surface area contributed by atoms with Crippen molar-refractivity contribution in [1.29, 1.82) is 0 Å². The van der Waals surface area contributed by atoms with E-state index in [4.69, 9.17) is 9.84 Å². The molecule has 0 aliphatic rings. The molecular formula is C13H14FN3O3. The number of rotatable bonds is 5. The summed E-state index contributed by atoms with van der Waals surface area (Å²) in [6, 6.07) is 4.29. The molecule has 0 unspecified atom stereocenters. The summed E-state index contributed by atoms with van der Waals surface area (Å²) in [6.45, 7) is 1.91. The minimum atomic E-state index is -1.14. The number of carboxylic acid groups (broad SMARTS) is 1. The SMILES string of the molecule is CCCc1c(C(=O)O)nnn1-c1ccc(OC)c(F)c1. The van der Waals surface area contributed by atoms with Crippen LogP contribution in [0.15, 0.2) is 18.2 Å². The number of aromatic nitrogens is 3. The first-order valence-corrected chi connectivity index (χ1v) is 6.10. The molecule has 1 aromatic carbocycles. The van der Waals surface area contributed by atoms with E-state index in [1.807, 2.05) is 6.92 Å². The molecule has 0 aliphatic heterocycles. The van der Waals surface area contributed by atoms with E-state index in [1.165, 1.54) is 23.9 Å². The molecule has 2 aromatic rings. The first-order valence-electron chi connectivity index (χ1n) is 6.10. The summed E-state index contributed by atoms with van der Waals surface area (Å²) >= 11 is 0. The van der Waals surface area contributed by atoms with Crippen molar-refractivity contribution in [2.24, 2.45) is 0 Å². The molecule has 0 radical (unpaired) electrons. The monoisotopic (exact) mass is 279 g/mol. The summed E-state index contributed by atoms with van der Waals surface area (Å²) in [5, 5.41) is 16.5. The van der Waals surface area contributed by atoms with Crippen molar-refractivity contribution in [2.45, 2.75) is 19.8 Å². The van der Waals surface area contributed by atoms with Crippen molar-refractivity contribution < 1.29 is 19.0 Å². The molecule has 0 bridgehead atoms. The van der Waals surface area contributed by atoms with Gasteiger partial charge in [0, 0.05) is 6.07 Å². The van der Waals surface area contributed by atoms with E-state index < -0.39 is 11.8 Å². The van der Waals surface area contributed by atoms with Crippen molar-refractivity contribution in [2.75, 3.05) is 7.11 Å². The van der Waals surface area contributed by atoms with Gasteiger partial charge in [0.15, 0.2) is 17.3 Å². The van der Waals surface area contributed by atoms with E-state index >= 15 is 0 Å². The summed E-state index contributed by atoms with van der Waals surface area (Å²) in [5.74, 6) is -1.57. The normalized spacial score (nSPS) is 10.6. The zero-order valence-electron chi connectivity index (χ0n) is 11.1. The molecule has 0 atom stereocenters. The van der Waals surface area contributed by atoms with Gasteiger partial charge in [-0.25, -0.2) is 13.9 Å². The standard InChI is InChI=1S/C13H14FN3O3/c1-3-4-10-12(13(18)19)15-16-17(10)8-5-6-11(20-2)9(14)7-8/h5-7H,3-4H2,1-2H3,(H,18,19). The van der Waals surface area contributed by atoms with Crippen molar-refractivity contribution in [3.63, 3.8) is 0 Å². The highest BCUT2D eigenvalue weighted by Crippen LogP contribution is 2.21. The highest BCUT2D eigenvalue weighted by atomic mass is 19.1. The predicted molar refractivity (Wildman–Crippen MR) is 68.8 cm³/mol. The topological polar surface area (TPSA) is 77.2 Å². The van der Waals surface area contributed by atoms with E-state index in [9.17, 15) is 9.18 Å². The summed E-state index contributed by atoms with van der Waals surface area (Å²) in [6.07, 6.45) is 1.22. The third-order valence-corrected chi connectivity index (χ3v) is 2.83. The summed E-state index contributed by atoms with van der Waals surface area (Å²) in [7, 11) is 1.37. The molecule has 20 heavy (non-hydrogen) atoms. The number of benzene rings is 1. The first kappa shape index (κ1) is 14.0. The van der Waals surface area contributed by atoms with Crippen molar-refractivity contribution in [1.82, 2.24) is 15.0 Å². The lowest BCUT2D eigenvalue weighted by Crippen LogP contribution is -2.07. The third-order valence-electron chi connectivity index (χ3n) is 2.83. The van der Waals surface area contributed by atoms with Crippen LogP contribution < -0.4 is 4.74 Å². The van der Waals surface area contributed by atoms with Gasteiger partial charge in [-0.3, -0.25) is 0 Å². The van der Waals surface area contributed by atoms with Crippen LogP contribution >= 0.6 is 0 Å². The minimum absolute atomic E-state index is 0.108. The maximum absolute atomic E-state index is 13.7. The largest absolute Gasteiger partial charge is 0.494 e. The second-order valence-corrected chi connectivity index (χ2v) is 4.17. The number of methoxy groups -OCH3 is 1. The Balaban J connectivity index is 2.52. The van der Waals surface area contributed by atoms with Gasteiger partial charge in [-0.15, -0.1) is 5.10 Å². The number of ether oxygens (including phenoxy) is 1. The quantitative estimate of drug-likeness (QED) is 0.906. The summed E-state index contributed by atoms with van der Waals surface area (Å²) in [4.78, 5) is 11.1. The van der Waals surface area contributed by atoms with Gasteiger partial charge in [-0.1, -0.05) is 18.6 Å². The van der Waals surface area contributed by atoms with Crippen LogP contribution in [0, 0.1) is 5.82 Å². The Kier molecular flexibility index (Phi) is 3.97. The number of hydrogen-bond acceptors (Lipinski definition) is 4. The number of carboxylic acids is 1. The van der Waals surface area contributed by atoms with E-state index in [2.05, 4.69) is 10.3 Å². The fourth-order valence-electron chi connectivity index (χ4n) is 1.92. The van der Waals surface area contributed by atoms with Gasteiger partial charge in [0.25, 0.3) is 0 Å². The van der Waals surface area contributed by atoms with Gasteiger partial charge < -0.3 is 9.84 Å². The molecule has 0 saturated heterocycles. The van der Waals surface area contributed by atoms with Crippen molar-refractivity contribution >= 4 is 5.97 Å². The van der Waals surface area contributed by atoms with Gasteiger partial charge >= 0.3 is 5.97 Å². The highest BCUT2D eigenvalue weighted by molar-refractivity contribution is 5.86. The maximum atomic E-state index is 13.7. The van der Waals surface area contributed by atoms with Gasteiger partial charge in [-0.05, 0) is 18.6 Å². The van der Waals surface area contributed by atoms with Crippen LogP contribution in [0.5, 0.6) is 5.75 Å². The average molecular weight is 279 g/mol. The average Bonchev–Trinajstić information content (AvgIpc) is 2.83. The van der Waals surface area contributed by atoms with Crippen LogP contribution in [0.25, 0.3) is 5.69 Å². The Labute approximate surface area is 114 Å². The zero-order valence-corrected chi connectivity index (χ0v) is 11.1. The minimum Gasteiger partial charge on any atom is -0.494 e. The molecular weight excluding hydrogens is 265 g/mol. The number of halogens is 1. The second kappa shape index (κ2) is 5.68. The molecule has 1 heterocycles. The van der Waals surface area contributed by atoms with Crippen LogP contribution in [0.2, 0.25) is 0 Å². The molecule has 0 spiro atoms. The van der Waals surface area contributed by atoms with Crippen LogP contribution in [0.4, 0.5) is 4.39 Å². The summed E-state index contributed by atoms with van der Waals surface area (Å²) in [5.41, 5.74) is 0.749. The third kappa shape index (κ3) is 2.47. The molecule has 0 fully saturated rings. The lowest BCUT2D eigenvalue weighted by molar-refractivity contribution is 0.0689. The lowest BCUT2D eigenvalue weighted by Gasteiger charge is -2.08. The van der Waals surface area contributed by atoms with E-state index in [0.717, 1.165) is 6.42 Å².